The van der Waals surface area contributed by atoms with E-state index < -0.39 is 0 Å². The number of anilines is 2. The summed E-state index contributed by atoms with van der Waals surface area (Å²) in [5, 5.41) is 3.22. The summed E-state index contributed by atoms with van der Waals surface area (Å²) in [5.74, 6) is 0.537. The largest absolute Gasteiger partial charge is 0.497 e. The number of carbonyl (C=O) groups excluding carboxylic acids is 1. The van der Waals surface area contributed by atoms with E-state index in [1.807, 2.05) is 6.92 Å². The fourth-order valence-electron chi connectivity index (χ4n) is 1.65. The van der Waals surface area contributed by atoms with Crippen LogP contribution < -0.4 is 20.5 Å². The number of hydrogen-bond acceptors (Lipinski definition) is 6. The molecule has 7 heteroatoms. The second kappa shape index (κ2) is 5.79. The Balaban J connectivity index is 2.33. The number of amides is 1. The molecule has 0 aliphatic rings. The van der Waals surface area contributed by atoms with Crippen LogP contribution in [0.4, 0.5) is 10.8 Å². The zero-order valence-electron chi connectivity index (χ0n) is 11.4. The Morgan fingerprint density at radius 3 is 2.65 bits per heavy atom. The molecule has 0 aliphatic heterocycles. The van der Waals surface area contributed by atoms with Crippen LogP contribution in [-0.4, -0.2) is 25.1 Å². The Hall–Kier alpha value is -2.28. The van der Waals surface area contributed by atoms with Crippen molar-refractivity contribution in [3.05, 3.63) is 28.8 Å². The summed E-state index contributed by atoms with van der Waals surface area (Å²) in [7, 11) is 2.99. The highest BCUT2D eigenvalue weighted by molar-refractivity contribution is 7.15. The van der Waals surface area contributed by atoms with E-state index in [4.69, 9.17) is 15.2 Å². The van der Waals surface area contributed by atoms with Gasteiger partial charge in [-0.1, -0.05) is 0 Å². The Morgan fingerprint density at radius 1 is 1.35 bits per heavy atom. The van der Waals surface area contributed by atoms with Crippen molar-refractivity contribution < 1.29 is 14.3 Å². The summed E-state index contributed by atoms with van der Waals surface area (Å²) in [5.41, 5.74) is 6.47. The number of methoxy groups -OCH3 is 2. The van der Waals surface area contributed by atoms with Crippen molar-refractivity contribution in [2.24, 2.45) is 0 Å². The van der Waals surface area contributed by atoms with E-state index in [2.05, 4.69) is 10.3 Å². The molecule has 2 aromatic rings. The lowest BCUT2D eigenvalue weighted by Gasteiger charge is -2.12. The molecule has 0 saturated carbocycles. The van der Waals surface area contributed by atoms with Gasteiger partial charge in [-0.2, -0.15) is 0 Å². The fourth-order valence-corrected chi connectivity index (χ4v) is 2.31. The second-order valence-corrected chi connectivity index (χ2v) is 5.26. The molecule has 1 aromatic carbocycles. The van der Waals surface area contributed by atoms with E-state index in [0.29, 0.717) is 16.6 Å². The molecule has 2 rings (SSSR count). The van der Waals surface area contributed by atoms with Gasteiger partial charge in [-0.05, 0) is 13.0 Å². The molecule has 6 nitrogen and oxygen atoms in total. The van der Waals surface area contributed by atoms with Crippen LogP contribution in [0.3, 0.4) is 0 Å². The molecule has 0 spiro atoms. The first kappa shape index (κ1) is 14.1. The highest BCUT2D eigenvalue weighted by Crippen LogP contribution is 2.31. The first-order chi connectivity index (χ1) is 9.55. The van der Waals surface area contributed by atoms with E-state index in [-0.39, 0.29) is 17.2 Å². The van der Waals surface area contributed by atoms with Crippen molar-refractivity contribution in [2.45, 2.75) is 6.92 Å². The molecule has 0 atom stereocenters. The van der Waals surface area contributed by atoms with Crippen LogP contribution >= 0.6 is 11.3 Å². The number of carbonyl (C=O) groups is 1. The van der Waals surface area contributed by atoms with E-state index in [1.165, 1.54) is 25.6 Å². The molecule has 106 valence electrons. The third-order valence-corrected chi connectivity index (χ3v) is 3.49. The summed E-state index contributed by atoms with van der Waals surface area (Å²) in [4.78, 5) is 17.3. The van der Waals surface area contributed by atoms with Crippen LogP contribution in [0.5, 0.6) is 11.5 Å². The molecule has 0 radical (unpaired) electrons. The van der Waals surface area contributed by atoms with Crippen molar-refractivity contribution in [3.63, 3.8) is 0 Å². The molecular formula is C13H15N3O3S. The highest BCUT2D eigenvalue weighted by atomic mass is 32.1. The van der Waals surface area contributed by atoms with Crippen LogP contribution in [0.15, 0.2) is 18.3 Å². The van der Waals surface area contributed by atoms with E-state index in [9.17, 15) is 4.79 Å². The van der Waals surface area contributed by atoms with Gasteiger partial charge in [-0.3, -0.25) is 10.1 Å². The van der Waals surface area contributed by atoms with E-state index in [0.717, 1.165) is 4.88 Å². The number of aromatic nitrogens is 1. The van der Waals surface area contributed by atoms with Crippen LogP contribution in [-0.2, 0) is 0 Å². The summed E-state index contributed by atoms with van der Waals surface area (Å²) >= 11 is 1.39. The molecule has 1 aromatic heterocycles. The first-order valence-corrected chi connectivity index (χ1v) is 6.62. The molecule has 0 unspecified atom stereocenters. The van der Waals surface area contributed by atoms with Crippen LogP contribution in [0.25, 0.3) is 0 Å². The van der Waals surface area contributed by atoms with Gasteiger partial charge >= 0.3 is 0 Å². The number of hydrogen-bond donors (Lipinski definition) is 2. The Bertz CT molecular complexity index is 640. The standard InChI is InChI=1S/C13H15N3O3S/c1-7-6-15-13(20-7)16-12(17)9-4-8(18-2)5-10(19-3)11(9)14/h4-6H,14H2,1-3H3,(H,15,16,17). The third-order valence-electron chi connectivity index (χ3n) is 2.66. The van der Waals surface area contributed by atoms with E-state index in [1.54, 1.807) is 18.3 Å². The normalized spacial score (nSPS) is 10.2. The molecule has 3 N–H and O–H groups in total. The monoisotopic (exact) mass is 293 g/mol. The number of nitrogens with two attached hydrogens (primary N) is 1. The minimum Gasteiger partial charge on any atom is -0.497 e. The topological polar surface area (TPSA) is 86.5 Å². The highest BCUT2D eigenvalue weighted by Gasteiger charge is 2.17. The van der Waals surface area contributed by atoms with Gasteiger partial charge in [-0.15, -0.1) is 11.3 Å². The van der Waals surface area contributed by atoms with Gasteiger partial charge in [0.1, 0.15) is 11.5 Å². The van der Waals surface area contributed by atoms with Crippen LogP contribution in [0.1, 0.15) is 15.2 Å². The minimum absolute atomic E-state index is 0.263. The van der Waals surface area contributed by atoms with Gasteiger partial charge in [0.15, 0.2) is 5.13 Å². The number of rotatable bonds is 4. The quantitative estimate of drug-likeness (QED) is 0.845. The maximum absolute atomic E-state index is 12.2. The van der Waals surface area contributed by atoms with E-state index >= 15 is 0 Å². The maximum atomic E-state index is 12.2. The van der Waals surface area contributed by atoms with Gasteiger partial charge in [0.2, 0.25) is 0 Å². The van der Waals surface area contributed by atoms with Gasteiger partial charge in [0.25, 0.3) is 5.91 Å². The predicted molar refractivity (Wildman–Crippen MR) is 78.8 cm³/mol. The number of nitrogens with one attached hydrogen (secondary N) is 1. The van der Waals surface area contributed by atoms with Gasteiger partial charge < -0.3 is 15.2 Å². The maximum Gasteiger partial charge on any atom is 0.259 e. The number of nitrogen functional groups attached to an aromatic ring is 1. The third kappa shape index (κ3) is 2.83. The average molecular weight is 293 g/mol. The van der Waals surface area contributed by atoms with Crippen LogP contribution in [0.2, 0.25) is 0 Å². The van der Waals surface area contributed by atoms with Crippen molar-refractivity contribution in [3.8, 4) is 11.5 Å². The Morgan fingerprint density at radius 2 is 2.10 bits per heavy atom. The summed E-state index contributed by atoms with van der Waals surface area (Å²) in [6.07, 6.45) is 1.69. The zero-order chi connectivity index (χ0) is 14.7. The lowest BCUT2D eigenvalue weighted by Crippen LogP contribution is -2.14. The molecule has 0 fully saturated rings. The average Bonchev–Trinajstić information content (AvgIpc) is 2.84. The van der Waals surface area contributed by atoms with Crippen LogP contribution in [0, 0.1) is 6.92 Å². The number of ether oxygens (including phenoxy) is 2. The number of thiazole rings is 1. The zero-order valence-corrected chi connectivity index (χ0v) is 12.2. The number of aryl methyl sites for hydroxylation is 1. The van der Waals surface area contributed by atoms with Crippen molar-refractivity contribution >= 4 is 28.1 Å². The first-order valence-electron chi connectivity index (χ1n) is 5.80. The molecule has 0 saturated heterocycles. The smallest absolute Gasteiger partial charge is 0.259 e. The molecular weight excluding hydrogens is 278 g/mol. The van der Waals surface area contributed by atoms with Crippen molar-refractivity contribution in [1.82, 2.24) is 4.98 Å². The lowest BCUT2D eigenvalue weighted by atomic mass is 10.1. The number of benzene rings is 1. The molecule has 0 aliphatic carbocycles. The Kier molecular flexibility index (Phi) is 4.09. The summed E-state index contributed by atoms with van der Waals surface area (Å²) in [6, 6.07) is 3.19. The Labute approximate surface area is 120 Å². The van der Waals surface area contributed by atoms with Crippen molar-refractivity contribution in [2.75, 3.05) is 25.3 Å². The van der Waals surface area contributed by atoms with Gasteiger partial charge in [0, 0.05) is 17.1 Å². The molecule has 0 bridgehead atoms. The second-order valence-electron chi connectivity index (χ2n) is 4.02. The van der Waals surface area contributed by atoms with Crippen molar-refractivity contribution in [1.29, 1.82) is 0 Å². The predicted octanol–water partition coefficient (Wildman–Crippen LogP) is 2.30. The lowest BCUT2D eigenvalue weighted by molar-refractivity contribution is 0.102. The van der Waals surface area contributed by atoms with Gasteiger partial charge in [0.05, 0.1) is 25.5 Å². The molecule has 20 heavy (non-hydrogen) atoms. The summed E-state index contributed by atoms with van der Waals surface area (Å²) < 4.78 is 10.3. The summed E-state index contributed by atoms with van der Waals surface area (Å²) in [6.45, 7) is 1.91. The SMILES string of the molecule is COc1cc(OC)c(N)c(C(=O)Nc2ncc(C)s2)c1. The fraction of sp³-hybridized carbons (Fsp3) is 0.231. The molecule has 1 heterocycles. The molecule has 1 amide bonds. The minimum atomic E-state index is -0.353. The van der Waals surface area contributed by atoms with Gasteiger partial charge in [-0.25, -0.2) is 4.98 Å². The number of nitrogens with zero attached hydrogens (tertiary/aromatic N) is 1.